The van der Waals surface area contributed by atoms with Crippen LogP contribution in [0.5, 0.6) is 0 Å². The van der Waals surface area contributed by atoms with E-state index in [0.717, 1.165) is 36.5 Å². The van der Waals surface area contributed by atoms with Gasteiger partial charge in [-0.05, 0) is 42.8 Å². The predicted molar refractivity (Wildman–Crippen MR) is 91.9 cm³/mol. The van der Waals surface area contributed by atoms with Crippen LogP contribution < -0.4 is 10.2 Å². The standard InChI is InChI=1S/C17H17ClFN5/c18-16-5-6-17-21-10-15(24(17)22-16)9-20-13-7-8-23(11-13)14-3-1-12(19)2-4-14/h1-6,10,13,20H,7-9,11H2. The fourth-order valence-corrected chi connectivity index (χ4v) is 3.22. The van der Waals surface area contributed by atoms with E-state index in [1.165, 1.54) is 12.1 Å². The topological polar surface area (TPSA) is 45.5 Å². The molecule has 0 amide bonds. The molecule has 7 heteroatoms. The van der Waals surface area contributed by atoms with Crippen LogP contribution in [0, 0.1) is 5.82 Å². The van der Waals surface area contributed by atoms with E-state index in [-0.39, 0.29) is 5.82 Å². The maximum absolute atomic E-state index is 13.0. The molecular weight excluding hydrogens is 329 g/mol. The molecule has 1 saturated heterocycles. The Morgan fingerprint density at radius 1 is 1.21 bits per heavy atom. The van der Waals surface area contributed by atoms with Gasteiger partial charge in [-0.3, -0.25) is 0 Å². The van der Waals surface area contributed by atoms with E-state index in [9.17, 15) is 4.39 Å². The lowest BCUT2D eigenvalue weighted by atomic mass is 10.2. The molecule has 0 aliphatic carbocycles. The van der Waals surface area contributed by atoms with Gasteiger partial charge in [0.15, 0.2) is 5.65 Å². The molecule has 1 unspecified atom stereocenters. The molecule has 1 fully saturated rings. The van der Waals surface area contributed by atoms with Crippen molar-refractivity contribution in [2.24, 2.45) is 0 Å². The first-order valence-corrected chi connectivity index (χ1v) is 8.30. The highest BCUT2D eigenvalue weighted by Gasteiger charge is 2.22. The summed E-state index contributed by atoms with van der Waals surface area (Å²) in [6.45, 7) is 2.54. The lowest BCUT2D eigenvalue weighted by Crippen LogP contribution is -2.32. The van der Waals surface area contributed by atoms with Crippen LogP contribution in [0.1, 0.15) is 12.1 Å². The van der Waals surface area contributed by atoms with Gasteiger partial charge in [0.25, 0.3) is 0 Å². The second kappa shape index (κ2) is 6.37. The first-order chi connectivity index (χ1) is 11.7. The minimum atomic E-state index is -0.202. The number of fused-ring (bicyclic) bond motifs is 1. The molecular formula is C17H17ClFN5. The predicted octanol–water partition coefficient (Wildman–Crippen LogP) is 2.89. The summed E-state index contributed by atoms with van der Waals surface area (Å²) in [7, 11) is 0. The lowest BCUT2D eigenvalue weighted by Gasteiger charge is -2.19. The quantitative estimate of drug-likeness (QED) is 0.789. The first-order valence-electron chi connectivity index (χ1n) is 7.92. The van der Waals surface area contributed by atoms with Crippen molar-refractivity contribution in [1.29, 1.82) is 0 Å². The zero-order chi connectivity index (χ0) is 16.5. The van der Waals surface area contributed by atoms with Crippen molar-refractivity contribution in [2.45, 2.75) is 19.0 Å². The smallest absolute Gasteiger partial charge is 0.153 e. The molecule has 0 spiro atoms. The van der Waals surface area contributed by atoms with E-state index in [4.69, 9.17) is 11.6 Å². The van der Waals surface area contributed by atoms with Crippen LogP contribution in [-0.4, -0.2) is 33.7 Å². The van der Waals surface area contributed by atoms with Crippen LogP contribution >= 0.6 is 11.6 Å². The highest BCUT2D eigenvalue weighted by Crippen LogP contribution is 2.21. The highest BCUT2D eigenvalue weighted by atomic mass is 35.5. The van der Waals surface area contributed by atoms with Crippen molar-refractivity contribution in [3.05, 3.63) is 59.3 Å². The van der Waals surface area contributed by atoms with Gasteiger partial charge in [-0.15, -0.1) is 0 Å². The molecule has 1 aliphatic rings. The van der Waals surface area contributed by atoms with Gasteiger partial charge in [0.2, 0.25) is 0 Å². The Kier molecular flexibility index (Phi) is 4.08. The zero-order valence-electron chi connectivity index (χ0n) is 13.0. The zero-order valence-corrected chi connectivity index (χ0v) is 13.7. The summed E-state index contributed by atoms with van der Waals surface area (Å²) in [5.74, 6) is -0.202. The molecule has 4 rings (SSSR count). The van der Waals surface area contributed by atoms with E-state index < -0.39 is 0 Å². The van der Waals surface area contributed by atoms with Gasteiger partial charge in [0.05, 0.1) is 11.9 Å². The van der Waals surface area contributed by atoms with Crippen molar-refractivity contribution < 1.29 is 4.39 Å². The number of benzene rings is 1. The summed E-state index contributed by atoms with van der Waals surface area (Å²) in [5, 5.41) is 8.28. The summed E-state index contributed by atoms with van der Waals surface area (Å²) < 4.78 is 14.8. The van der Waals surface area contributed by atoms with Crippen LogP contribution in [0.4, 0.5) is 10.1 Å². The Hall–Kier alpha value is -2.18. The van der Waals surface area contributed by atoms with E-state index in [1.54, 1.807) is 10.6 Å². The first kappa shape index (κ1) is 15.4. The largest absolute Gasteiger partial charge is 0.370 e. The Balaban J connectivity index is 1.39. The molecule has 124 valence electrons. The van der Waals surface area contributed by atoms with E-state index in [0.29, 0.717) is 17.7 Å². The third kappa shape index (κ3) is 3.07. The van der Waals surface area contributed by atoms with E-state index >= 15 is 0 Å². The van der Waals surface area contributed by atoms with E-state index in [2.05, 4.69) is 20.3 Å². The summed E-state index contributed by atoms with van der Waals surface area (Å²) >= 11 is 5.96. The molecule has 0 saturated carbocycles. The minimum Gasteiger partial charge on any atom is -0.370 e. The average molecular weight is 346 g/mol. The third-order valence-electron chi connectivity index (χ3n) is 4.35. The van der Waals surface area contributed by atoms with E-state index in [1.807, 2.05) is 24.4 Å². The number of anilines is 1. The van der Waals surface area contributed by atoms with Crippen LogP contribution in [0.2, 0.25) is 5.15 Å². The molecule has 1 atom stereocenters. The summed E-state index contributed by atoms with van der Waals surface area (Å²) in [6, 6.07) is 10.6. The average Bonchev–Trinajstić information content (AvgIpc) is 3.20. The van der Waals surface area contributed by atoms with Gasteiger partial charge in [-0.25, -0.2) is 13.9 Å². The molecule has 5 nitrogen and oxygen atoms in total. The number of rotatable bonds is 4. The fourth-order valence-electron chi connectivity index (χ4n) is 3.08. The van der Waals surface area contributed by atoms with Gasteiger partial charge in [0, 0.05) is 31.4 Å². The Bertz CT molecular complexity index is 848. The number of hydrogen-bond acceptors (Lipinski definition) is 4. The van der Waals surface area contributed by atoms with Gasteiger partial charge in [0.1, 0.15) is 11.0 Å². The van der Waals surface area contributed by atoms with Gasteiger partial charge in [-0.1, -0.05) is 11.6 Å². The Labute approximate surface area is 144 Å². The molecule has 1 aromatic carbocycles. The monoisotopic (exact) mass is 345 g/mol. The number of nitrogens with one attached hydrogen (secondary N) is 1. The van der Waals surface area contributed by atoms with Crippen molar-refractivity contribution >= 4 is 22.9 Å². The molecule has 0 radical (unpaired) electrons. The molecule has 1 aliphatic heterocycles. The van der Waals surface area contributed by atoms with Gasteiger partial charge in [-0.2, -0.15) is 5.10 Å². The van der Waals surface area contributed by atoms with Crippen LogP contribution in [0.15, 0.2) is 42.6 Å². The van der Waals surface area contributed by atoms with Crippen LogP contribution in [0.3, 0.4) is 0 Å². The lowest BCUT2D eigenvalue weighted by molar-refractivity contribution is 0.540. The SMILES string of the molecule is Fc1ccc(N2CCC(NCc3cnc4ccc(Cl)nn34)C2)cc1. The number of aromatic nitrogens is 3. The normalized spacial score (nSPS) is 17.8. The Morgan fingerprint density at radius 2 is 2.04 bits per heavy atom. The summed E-state index contributed by atoms with van der Waals surface area (Å²) in [5.41, 5.74) is 2.83. The maximum Gasteiger partial charge on any atom is 0.153 e. The molecule has 2 aromatic heterocycles. The third-order valence-corrected chi connectivity index (χ3v) is 4.55. The molecule has 24 heavy (non-hydrogen) atoms. The fraction of sp³-hybridized carbons (Fsp3) is 0.294. The summed E-state index contributed by atoms with van der Waals surface area (Å²) in [4.78, 5) is 6.60. The van der Waals surface area contributed by atoms with Crippen LogP contribution in [-0.2, 0) is 6.54 Å². The number of imidazole rings is 1. The maximum atomic E-state index is 13.0. The molecule has 3 aromatic rings. The number of nitrogens with zero attached hydrogens (tertiary/aromatic N) is 4. The highest BCUT2D eigenvalue weighted by molar-refractivity contribution is 6.29. The number of hydrogen-bond donors (Lipinski definition) is 1. The second-order valence-electron chi connectivity index (χ2n) is 5.96. The molecule has 3 heterocycles. The molecule has 0 bridgehead atoms. The summed E-state index contributed by atoms with van der Waals surface area (Å²) in [6.07, 6.45) is 2.86. The van der Waals surface area contributed by atoms with Crippen molar-refractivity contribution in [3.63, 3.8) is 0 Å². The van der Waals surface area contributed by atoms with Crippen LogP contribution in [0.25, 0.3) is 5.65 Å². The van der Waals surface area contributed by atoms with Gasteiger partial charge < -0.3 is 10.2 Å². The number of halogens is 2. The second-order valence-corrected chi connectivity index (χ2v) is 6.35. The van der Waals surface area contributed by atoms with Gasteiger partial charge >= 0.3 is 0 Å². The van der Waals surface area contributed by atoms with Crippen molar-refractivity contribution in [3.8, 4) is 0 Å². The van der Waals surface area contributed by atoms with Crippen molar-refractivity contribution in [2.75, 3.05) is 18.0 Å². The molecule has 1 N–H and O–H groups in total. The Morgan fingerprint density at radius 3 is 2.88 bits per heavy atom. The van der Waals surface area contributed by atoms with Crippen molar-refractivity contribution in [1.82, 2.24) is 19.9 Å². The minimum absolute atomic E-state index is 0.202.